The summed E-state index contributed by atoms with van der Waals surface area (Å²) in [7, 11) is 0. The fraction of sp³-hybridized carbons (Fsp3) is 0.600. The van der Waals surface area contributed by atoms with E-state index >= 15 is 0 Å². The predicted molar refractivity (Wildman–Crippen MR) is 136 cm³/mol. The molecule has 190 valence electrons. The van der Waals surface area contributed by atoms with Crippen LogP contribution in [0.4, 0.5) is 10.5 Å². The van der Waals surface area contributed by atoms with E-state index in [2.05, 4.69) is 4.99 Å². The van der Waals surface area contributed by atoms with Gasteiger partial charge in [0.2, 0.25) is 11.9 Å². The summed E-state index contributed by atoms with van der Waals surface area (Å²) in [5, 5.41) is 0. The Bertz CT molecular complexity index is 1050. The summed E-state index contributed by atoms with van der Waals surface area (Å²) in [5.74, 6) is 0.340. The van der Waals surface area contributed by atoms with Crippen LogP contribution in [0.1, 0.15) is 68.8 Å². The molecule has 35 heavy (non-hydrogen) atoms. The van der Waals surface area contributed by atoms with Gasteiger partial charge in [0.1, 0.15) is 11.3 Å². The van der Waals surface area contributed by atoms with Crippen molar-refractivity contribution in [2.24, 2.45) is 21.5 Å². The first-order valence-electron chi connectivity index (χ1n) is 12.4. The molecule has 2 amide bonds. The van der Waals surface area contributed by atoms with Gasteiger partial charge in [-0.05, 0) is 65.0 Å². The van der Waals surface area contributed by atoms with Crippen LogP contribution in [0, 0.1) is 6.92 Å². The Kier molecular flexibility index (Phi) is 6.66. The smallest absolute Gasteiger partial charge is 0.410 e. The summed E-state index contributed by atoms with van der Waals surface area (Å²) >= 11 is 0. The molecule has 10 heteroatoms. The number of ether oxygens (including phenoxy) is 1. The van der Waals surface area contributed by atoms with Crippen LogP contribution in [0.15, 0.2) is 28.2 Å². The Morgan fingerprint density at radius 3 is 2.26 bits per heavy atom. The van der Waals surface area contributed by atoms with Gasteiger partial charge in [0.05, 0.1) is 11.3 Å². The Hall–Kier alpha value is -3.30. The SMILES string of the molecule is Cc1cccc(C(=O)N2CCN(C(=O)OC(C)(C)C)CC2)c1N1C(N)=NC(N)=NC12CCCCC2. The lowest BCUT2D eigenvalue weighted by Crippen LogP contribution is -2.59. The predicted octanol–water partition coefficient (Wildman–Crippen LogP) is 2.80. The van der Waals surface area contributed by atoms with E-state index in [0.717, 1.165) is 43.4 Å². The number of amides is 2. The molecule has 0 aromatic heterocycles. The summed E-state index contributed by atoms with van der Waals surface area (Å²) < 4.78 is 5.48. The van der Waals surface area contributed by atoms with Gasteiger partial charge in [-0.3, -0.25) is 9.69 Å². The lowest BCUT2D eigenvalue weighted by atomic mass is 9.86. The number of carbonyl (C=O) groups excluding carboxylic acids is 2. The fourth-order valence-corrected chi connectivity index (χ4v) is 5.16. The van der Waals surface area contributed by atoms with Gasteiger partial charge in [-0.15, -0.1) is 0 Å². The van der Waals surface area contributed by atoms with Gasteiger partial charge in [-0.25, -0.2) is 9.79 Å². The van der Waals surface area contributed by atoms with Crippen molar-refractivity contribution in [3.05, 3.63) is 29.3 Å². The molecule has 1 aliphatic carbocycles. The minimum absolute atomic E-state index is 0.103. The lowest BCUT2D eigenvalue weighted by Gasteiger charge is -2.46. The molecule has 1 saturated carbocycles. The van der Waals surface area contributed by atoms with E-state index in [1.165, 1.54) is 0 Å². The molecular formula is C25H37N7O3. The Labute approximate surface area is 207 Å². The first kappa shape index (κ1) is 24.8. The molecule has 4 N–H and O–H groups in total. The van der Waals surface area contributed by atoms with Crippen LogP contribution in [-0.2, 0) is 4.74 Å². The largest absolute Gasteiger partial charge is 0.444 e. The zero-order valence-corrected chi connectivity index (χ0v) is 21.2. The van der Waals surface area contributed by atoms with Gasteiger partial charge < -0.3 is 26.0 Å². The van der Waals surface area contributed by atoms with E-state index in [0.29, 0.717) is 31.7 Å². The van der Waals surface area contributed by atoms with Crippen molar-refractivity contribution in [2.45, 2.75) is 71.1 Å². The van der Waals surface area contributed by atoms with Gasteiger partial charge >= 0.3 is 6.09 Å². The van der Waals surface area contributed by atoms with Gasteiger partial charge in [-0.2, -0.15) is 4.99 Å². The standard InChI is InChI=1S/C25H37N7O3/c1-17-9-8-10-18(20(33)30-13-15-31(16-14-30)23(34)35-24(2,3)4)19(17)32-22(27)28-21(26)29-25(32)11-6-5-7-12-25/h8-10H,5-7,11-16H2,1-4H3,(H4,26,27,28,29). The molecule has 0 radical (unpaired) electrons. The zero-order valence-electron chi connectivity index (χ0n) is 21.2. The van der Waals surface area contributed by atoms with Gasteiger partial charge in [-0.1, -0.05) is 18.6 Å². The van der Waals surface area contributed by atoms with E-state index in [-0.39, 0.29) is 23.9 Å². The molecule has 1 aromatic rings. The van der Waals surface area contributed by atoms with Crippen molar-refractivity contribution in [1.29, 1.82) is 0 Å². The van der Waals surface area contributed by atoms with E-state index in [1.54, 1.807) is 9.80 Å². The first-order valence-corrected chi connectivity index (χ1v) is 12.4. The second-order valence-electron chi connectivity index (χ2n) is 10.5. The molecule has 0 bridgehead atoms. The number of benzene rings is 1. The molecule has 0 atom stereocenters. The number of nitrogens with two attached hydrogens (primary N) is 2. The molecule has 2 heterocycles. The maximum absolute atomic E-state index is 13.8. The zero-order chi connectivity index (χ0) is 25.4. The third kappa shape index (κ3) is 5.06. The number of aryl methyl sites for hydroxylation is 1. The number of guanidine groups is 2. The lowest BCUT2D eigenvalue weighted by molar-refractivity contribution is 0.0141. The van der Waals surface area contributed by atoms with Crippen LogP contribution in [0.5, 0.6) is 0 Å². The number of aliphatic imine (C=N–C) groups is 2. The van der Waals surface area contributed by atoms with Crippen molar-refractivity contribution < 1.29 is 14.3 Å². The van der Waals surface area contributed by atoms with Crippen molar-refractivity contribution >= 4 is 29.6 Å². The Morgan fingerprint density at radius 2 is 1.63 bits per heavy atom. The second kappa shape index (κ2) is 9.39. The highest BCUT2D eigenvalue weighted by Crippen LogP contribution is 2.42. The summed E-state index contributed by atoms with van der Waals surface area (Å²) in [4.78, 5) is 40.6. The van der Waals surface area contributed by atoms with E-state index in [4.69, 9.17) is 21.2 Å². The number of anilines is 1. The Balaban J connectivity index is 1.60. The molecule has 1 saturated heterocycles. The first-order chi connectivity index (χ1) is 16.5. The van der Waals surface area contributed by atoms with Crippen LogP contribution < -0.4 is 16.4 Å². The highest BCUT2D eigenvalue weighted by molar-refractivity contribution is 6.10. The maximum Gasteiger partial charge on any atom is 0.410 e. The van der Waals surface area contributed by atoms with Crippen LogP contribution in [0.2, 0.25) is 0 Å². The van der Waals surface area contributed by atoms with Crippen molar-refractivity contribution in [2.75, 3.05) is 31.1 Å². The van der Waals surface area contributed by atoms with E-state index in [1.807, 2.05) is 50.8 Å². The molecule has 1 aromatic carbocycles. The maximum atomic E-state index is 13.8. The second-order valence-corrected chi connectivity index (χ2v) is 10.5. The molecule has 1 spiro atoms. The third-order valence-electron chi connectivity index (χ3n) is 6.76. The number of hydrogen-bond donors (Lipinski definition) is 2. The normalized spacial score (nSPS) is 20.4. The minimum atomic E-state index is -0.634. The number of piperazine rings is 1. The summed E-state index contributed by atoms with van der Waals surface area (Å²) in [6.07, 6.45) is 4.36. The van der Waals surface area contributed by atoms with Gasteiger partial charge in [0.25, 0.3) is 5.91 Å². The molecular weight excluding hydrogens is 446 g/mol. The Morgan fingerprint density at radius 1 is 1.00 bits per heavy atom. The quantitative estimate of drug-likeness (QED) is 0.665. The van der Waals surface area contributed by atoms with E-state index < -0.39 is 11.3 Å². The molecule has 10 nitrogen and oxygen atoms in total. The topological polar surface area (TPSA) is 130 Å². The van der Waals surface area contributed by atoms with Crippen LogP contribution in [0.25, 0.3) is 0 Å². The fourth-order valence-electron chi connectivity index (χ4n) is 5.16. The molecule has 0 unspecified atom stereocenters. The van der Waals surface area contributed by atoms with E-state index in [9.17, 15) is 9.59 Å². The van der Waals surface area contributed by atoms with Crippen molar-refractivity contribution in [3.8, 4) is 0 Å². The van der Waals surface area contributed by atoms with Crippen molar-refractivity contribution in [1.82, 2.24) is 9.80 Å². The van der Waals surface area contributed by atoms with Crippen LogP contribution >= 0.6 is 0 Å². The number of nitrogens with zero attached hydrogens (tertiary/aromatic N) is 5. The molecule has 4 rings (SSSR count). The average molecular weight is 484 g/mol. The number of carbonyl (C=O) groups is 2. The molecule has 2 aliphatic heterocycles. The monoisotopic (exact) mass is 483 g/mol. The molecule has 2 fully saturated rings. The minimum Gasteiger partial charge on any atom is -0.444 e. The number of hydrogen-bond acceptors (Lipinski definition) is 8. The highest BCUT2D eigenvalue weighted by atomic mass is 16.6. The van der Waals surface area contributed by atoms with Gasteiger partial charge in [0, 0.05) is 26.2 Å². The summed E-state index contributed by atoms with van der Waals surface area (Å²) in [5.41, 5.74) is 13.5. The van der Waals surface area contributed by atoms with Crippen LogP contribution in [-0.4, -0.2) is 71.2 Å². The number of rotatable bonds is 2. The van der Waals surface area contributed by atoms with Gasteiger partial charge in [0.15, 0.2) is 0 Å². The number of para-hydroxylation sites is 1. The van der Waals surface area contributed by atoms with Crippen LogP contribution in [0.3, 0.4) is 0 Å². The summed E-state index contributed by atoms with van der Waals surface area (Å²) in [6, 6.07) is 5.68. The molecule has 3 aliphatic rings. The average Bonchev–Trinajstić information content (AvgIpc) is 2.78. The third-order valence-corrected chi connectivity index (χ3v) is 6.76. The highest BCUT2D eigenvalue weighted by Gasteiger charge is 2.44. The summed E-state index contributed by atoms with van der Waals surface area (Å²) in [6.45, 7) is 9.18. The van der Waals surface area contributed by atoms with Crippen molar-refractivity contribution in [3.63, 3.8) is 0 Å².